The van der Waals surface area contributed by atoms with Gasteiger partial charge in [0.25, 0.3) is 0 Å². The predicted octanol–water partition coefficient (Wildman–Crippen LogP) is 11.0. The Morgan fingerprint density at radius 1 is 0.512 bits per heavy atom. The van der Waals surface area contributed by atoms with Crippen molar-refractivity contribution < 1.29 is 4.42 Å². The molecule has 0 aliphatic carbocycles. The van der Waals surface area contributed by atoms with Gasteiger partial charge in [0.2, 0.25) is 0 Å². The van der Waals surface area contributed by atoms with Crippen molar-refractivity contribution in [3.8, 4) is 22.3 Å². The minimum absolute atomic E-state index is 0.135. The molecule has 6 aromatic carbocycles. The molecular weight excluding hydrogens is 498 g/mol. The Hall–Kier alpha value is -5.08. The van der Waals surface area contributed by atoms with Gasteiger partial charge in [-0.25, -0.2) is 0 Å². The lowest BCUT2D eigenvalue weighted by Gasteiger charge is -2.42. The van der Waals surface area contributed by atoms with Gasteiger partial charge in [-0.05, 0) is 64.2 Å². The van der Waals surface area contributed by atoms with Crippen molar-refractivity contribution in [3.05, 3.63) is 151 Å². The molecule has 1 aliphatic heterocycles. The first kappa shape index (κ1) is 23.8. The maximum atomic E-state index is 6.31. The molecule has 7 aromatic rings. The number of hydrogen-bond donors (Lipinski definition) is 0. The highest BCUT2D eigenvalue weighted by Crippen LogP contribution is 2.52. The number of furan rings is 1. The first-order valence-corrected chi connectivity index (χ1v) is 14.2. The van der Waals surface area contributed by atoms with E-state index in [1.54, 1.807) is 0 Å². The van der Waals surface area contributed by atoms with Crippen LogP contribution in [0.4, 0.5) is 17.1 Å². The first-order chi connectivity index (χ1) is 20.1. The Morgan fingerprint density at radius 3 is 2.02 bits per heavy atom. The van der Waals surface area contributed by atoms with Crippen molar-refractivity contribution in [2.75, 3.05) is 4.90 Å². The molecule has 0 unspecified atom stereocenters. The van der Waals surface area contributed by atoms with Gasteiger partial charge in [-0.15, -0.1) is 0 Å². The van der Waals surface area contributed by atoms with Crippen LogP contribution in [-0.4, -0.2) is 0 Å². The maximum Gasteiger partial charge on any atom is 0.143 e. The van der Waals surface area contributed by atoms with E-state index in [0.717, 1.165) is 33.1 Å². The number of benzene rings is 6. The van der Waals surface area contributed by atoms with Crippen molar-refractivity contribution in [3.63, 3.8) is 0 Å². The Kier molecular flexibility index (Phi) is 5.20. The van der Waals surface area contributed by atoms with E-state index in [1.165, 1.54) is 39.3 Å². The Labute approximate surface area is 240 Å². The first-order valence-electron chi connectivity index (χ1n) is 14.2. The zero-order valence-electron chi connectivity index (χ0n) is 23.1. The zero-order chi connectivity index (χ0) is 27.6. The van der Waals surface area contributed by atoms with Crippen LogP contribution in [0.3, 0.4) is 0 Å². The summed E-state index contributed by atoms with van der Waals surface area (Å²) < 4.78 is 6.31. The second-order valence-electron chi connectivity index (χ2n) is 11.4. The summed E-state index contributed by atoms with van der Waals surface area (Å²) in [5, 5.41) is 2.31. The quantitative estimate of drug-likeness (QED) is 0.227. The molecule has 0 saturated carbocycles. The van der Waals surface area contributed by atoms with Gasteiger partial charge in [0.1, 0.15) is 11.2 Å². The standard InChI is InChI=1S/C39H29NO/c1-39(2)33-16-7-8-17-35(33)40(29-11-4-3-5-12-29)36-24-23-28(25-34(36)39)26-19-21-27(22-20-26)30-14-10-15-32-31-13-6-9-18-37(31)41-38(30)32/h3-25H,1-2H3. The molecule has 0 spiro atoms. The maximum absolute atomic E-state index is 6.31. The van der Waals surface area contributed by atoms with E-state index in [9.17, 15) is 0 Å². The largest absolute Gasteiger partial charge is 0.455 e. The molecular formula is C39H29NO. The van der Waals surface area contributed by atoms with E-state index in [1.807, 2.05) is 12.1 Å². The fourth-order valence-corrected chi connectivity index (χ4v) is 6.56. The van der Waals surface area contributed by atoms with Gasteiger partial charge < -0.3 is 9.32 Å². The van der Waals surface area contributed by atoms with Crippen LogP contribution in [0, 0.1) is 0 Å². The summed E-state index contributed by atoms with van der Waals surface area (Å²) in [5.41, 5.74) is 12.7. The van der Waals surface area contributed by atoms with Gasteiger partial charge in [0.15, 0.2) is 0 Å². The average molecular weight is 528 g/mol. The SMILES string of the molecule is CC1(C)c2ccccc2N(c2ccccc2)c2ccc(-c3ccc(-c4cccc5c4oc4ccccc45)cc3)cc21. The van der Waals surface area contributed by atoms with Crippen LogP contribution in [-0.2, 0) is 5.41 Å². The van der Waals surface area contributed by atoms with Crippen molar-refractivity contribution in [1.29, 1.82) is 0 Å². The van der Waals surface area contributed by atoms with Crippen molar-refractivity contribution >= 4 is 39.0 Å². The Bertz CT molecular complexity index is 2070. The monoisotopic (exact) mass is 527 g/mol. The third-order valence-corrected chi connectivity index (χ3v) is 8.68. The van der Waals surface area contributed by atoms with Gasteiger partial charge in [-0.2, -0.15) is 0 Å². The molecule has 0 amide bonds. The second-order valence-corrected chi connectivity index (χ2v) is 11.4. The fraction of sp³-hybridized carbons (Fsp3) is 0.0769. The second kappa shape index (κ2) is 8.97. The lowest BCUT2D eigenvalue weighted by atomic mass is 9.73. The van der Waals surface area contributed by atoms with E-state index in [-0.39, 0.29) is 5.41 Å². The molecule has 2 nitrogen and oxygen atoms in total. The Morgan fingerprint density at radius 2 is 1.17 bits per heavy atom. The third-order valence-electron chi connectivity index (χ3n) is 8.68. The zero-order valence-corrected chi connectivity index (χ0v) is 23.1. The summed E-state index contributed by atoms with van der Waals surface area (Å²) in [6, 6.07) is 50.0. The van der Waals surface area contributed by atoms with Gasteiger partial charge in [0.05, 0.1) is 11.4 Å². The molecule has 0 atom stereocenters. The van der Waals surface area contributed by atoms with Crippen LogP contribution in [0.15, 0.2) is 144 Å². The fourth-order valence-electron chi connectivity index (χ4n) is 6.56. The summed E-state index contributed by atoms with van der Waals surface area (Å²) in [5.74, 6) is 0. The normalized spacial score (nSPS) is 13.8. The van der Waals surface area contributed by atoms with Crippen LogP contribution in [0.2, 0.25) is 0 Å². The summed E-state index contributed by atoms with van der Waals surface area (Å²) in [6.45, 7) is 4.68. The average Bonchev–Trinajstić information content (AvgIpc) is 3.41. The molecule has 41 heavy (non-hydrogen) atoms. The van der Waals surface area contributed by atoms with Crippen LogP contribution in [0.1, 0.15) is 25.0 Å². The molecule has 0 bridgehead atoms. The van der Waals surface area contributed by atoms with Gasteiger partial charge in [0, 0.05) is 27.4 Å². The van der Waals surface area contributed by atoms with Crippen LogP contribution >= 0.6 is 0 Å². The van der Waals surface area contributed by atoms with Gasteiger partial charge in [-0.3, -0.25) is 0 Å². The number of para-hydroxylation sites is 4. The third kappa shape index (κ3) is 3.64. The highest BCUT2D eigenvalue weighted by molar-refractivity contribution is 6.09. The molecule has 8 rings (SSSR count). The van der Waals surface area contributed by atoms with Gasteiger partial charge >= 0.3 is 0 Å². The van der Waals surface area contributed by atoms with E-state index in [0.29, 0.717) is 0 Å². The van der Waals surface area contributed by atoms with Crippen LogP contribution in [0.5, 0.6) is 0 Å². The minimum atomic E-state index is -0.135. The minimum Gasteiger partial charge on any atom is -0.455 e. The topological polar surface area (TPSA) is 16.4 Å². The smallest absolute Gasteiger partial charge is 0.143 e. The molecule has 2 heterocycles. The number of anilines is 3. The number of hydrogen-bond acceptors (Lipinski definition) is 2. The molecule has 2 heteroatoms. The number of nitrogens with zero attached hydrogens (tertiary/aromatic N) is 1. The molecule has 1 aromatic heterocycles. The lowest BCUT2D eigenvalue weighted by Crippen LogP contribution is -2.30. The summed E-state index contributed by atoms with van der Waals surface area (Å²) >= 11 is 0. The van der Waals surface area contributed by atoms with E-state index < -0.39 is 0 Å². The molecule has 0 saturated heterocycles. The molecule has 1 aliphatic rings. The molecule has 0 radical (unpaired) electrons. The van der Waals surface area contributed by atoms with Crippen molar-refractivity contribution in [2.45, 2.75) is 19.3 Å². The Balaban J connectivity index is 1.22. The summed E-state index contributed by atoms with van der Waals surface area (Å²) in [7, 11) is 0. The summed E-state index contributed by atoms with van der Waals surface area (Å²) in [4.78, 5) is 2.40. The van der Waals surface area contributed by atoms with E-state index in [4.69, 9.17) is 4.42 Å². The summed E-state index contributed by atoms with van der Waals surface area (Å²) in [6.07, 6.45) is 0. The van der Waals surface area contributed by atoms with E-state index in [2.05, 4.69) is 146 Å². The predicted molar refractivity (Wildman–Crippen MR) is 171 cm³/mol. The molecule has 0 fully saturated rings. The highest BCUT2D eigenvalue weighted by atomic mass is 16.3. The lowest BCUT2D eigenvalue weighted by molar-refractivity contribution is 0.632. The molecule has 196 valence electrons. The molecule has 0 N–H and O–H groups in total. The van der Waals surface area contributed by atoms with Crippen molar-refractivity contribution in [2.24, 2.45) is 0 Å². The van der Waals surface area contributed by atoms with E-state index >= 15 is 0 Å². The van der Waals surface area contributed by atoms with Crippen LogP contribution in [0.25, 0.3) is 44.2 Å². The van der Waals surface area contributed by atoms with Crippen molar-refractivity contribution in [1.82, 2.24) is 0 Å². The van der Waals surface area contributed by atoms with Crippen LogP contribution < -0.4 is 4.90 Å². The number of rotatable bonds is 3. The highest BCUT2D eigenvalue weighted by Gasteiger charge is 2.36. The number of fused-ring (bicyclic) bond motifs is 5. The van der Waals surface area contributed by atoms with Gasteiger partial charge in [-0.1, -0.05) is 117 Å².